The van der Waals surface area contributed by atoms with Gasteiger partial charge in [0.05, 0.1) is 0 Å². The highest BCUT2D eigenvalue weighted by atomic mass is 16.6. The van der Waals surface area contributed by atoms with Gasteiger partial charge in [-0.15, -0.1) is 0 Å². The van der Waals surface area contributed by atoms with Gasteiger partial charge in [0.25, 0.3) is 0 Å². The predicted molar refractivity (Wildman–Crippen MR) is 78.3 cm³/mol. The van der Waals surface area contributed by atoms with E-state index in [4.69, 9.17) is 4.74 Å². The van der Waals surface area contributed by atoms with E-state index in [1.165, 1.54) is 0 Å². The standard InChI is InChI=1S/C15H30N2O2/c1-13(2,3)11-10-15(7,8-9-16-11)17-12(18)19-14(4,5)6/h11,16H,8-10H2,1-7H3,(H,17,18). The molecule has 1 rings (SSSR count). The Kier molecular flexibility index (Phi) is 4.55. The normalized spacial score (nSPS) is 28.9. The van der Waals surface area contributed by atoms with Gasteiger partial charge in [0.1, 0.15) is 5.60 Å². The van der Waals surface area contributed by atoms with Crippen molar-refractivity contribution in [3.63, 3.8) is 0 Å². The molecule has 0 aliphatic carbocycles. The van der Waals surface area contributed by atoms with Crippen LogP contribution >= 0.6 is 0 Å². The smallest absolute Gasteiger partial charge is 0.408 e. The number of nitrogens with one attached hydrogen (secondary N) is 2. The van der Waals surface area contributed by atoms with E-state index in [2.05, 4.69) is 38.3 Å². The fraction of sp³-hybridized carbons (Fsp3) is 0.933. The number of hydrogen-bond acceptors (Lipinski definition) is 3. The molecular weight excluding hydrogens is 240 g/mol. The zero-order valence-corrected chi connectivity index (χ0v) is 13.5. The minimum atomic E-state index is -0.448. The third-order valence-corrected chi connectivity index (χ3v) is 3.57. The van der Waals surface area contributed by atoms with Gasteiger partial charge in [-0.3, -0.25) is 0 Å². The average molecular weight is 270 g/mol. The van der Waals surface area contributed by atoms with E-state index in [1.807, 2.05) is 20.8 Å². The number of ether oxygens (including phenoxy) is 1. The average Bonchev–Trinajstić information content (AvgIpc) is 2.11. The van der Waals surface area contributed by atoms with Crippen molar-refractivity contribution >= 4 is 6.09 Å². The highest BCUT2D eigenvalue weighted by Crippen LogP contribution is 2.31. The van der Waals surface area contributed by atoms with Crippen molar-refractivity contribution in [1.29, 1.82) is 0 Å². The molecule has 1 fully saturated rings. The number of carbonyl (C=O) groups excluding carboxylic acids is 1. The second-order valence-corrected chi connectivity index (χ2v) is 8.01. The first-order chi connectivity index (χ1) is 8.41. The van der Waals surface area contributed by atoms with E-state index in [1.54, 1.807) is 0 Å². The molecule has 1 amide bonds. The Labute approximate surface area is 117 Å². The molecule has 112 valence electrons. The van der Waals surface area contributed by atoms with Crippen LogP contribution in [0.25, 0.3) is 0 Å². The van der Waals surface area contributed by atoms with Crippen molar-refractivity contribution in [3.05, 3.63) is 0 Å². The van der Waals surface area contributed by atoms with Crippen LogP contribution in [0.1, 0.15) is 61.3 Å². The third-order valence-electron chi connectivity index (χ3n) is 3.57. The highest BCUT2D eigenvalue weighted by Gasteiger charge is 2.38. The maximum atomic E-state index is 11.9. The van der Waals surface area contributed by atoms with Gasteiger partial charge in [-0.05, 0) is 52.5 Å². The van der Waals surface area contributed by atoms with E-state index in [0.717, 1.165) is 19.4 Å². The topological polar surface area (TPSA) is 50.4 Å². The molecule has 0 bridgehead atoms. The fourth-order valence-electron chi connectivity index (χ4n) is 2.42. The van der Waals surface area contributed by atoms with Crippen molar-refractivity contribution in [2.45, 2.75) is 78.5 Å². The zero-order chi connectivity index (χ0) is 14.9. The van der Waals surface area contributed by atoms with Crippen LogP contribution in [0.5, 0.6) is 0 Å². The maximum absolute atomic E-state index is 11.9. The molecule has 0 spiro atoms. The SMILES string of the molecule is CC1(NC(=O)OC(C)(C)C)CCNC(C(C)(C)C)C1. The highest BCUT2D eigenvalue weighted by molar-refractivity contribution is 5.68. The second kappa shape index (κ2) is 5.31. The van der Waals surface area contributed by atoms with Crippen LogP contribution in [0.3, 0.4) is 0 Å². The molecule has 0 aromatic rings. The molecule has 0 saturated carbocycles. The molecular formula is C15H30N2O2. The molecule has 19 heavy (non-hydrogen) atoms. The van der Waals surface area contributed by atoms with E-state index < -0.39 is 5.60 Å². The molecule has 1 saturated heterocycles. The maximum Gasteiger partial charge on any atom is 0.408 e. The van der Waals surface area contributed by atoms with Gasteiger partial charge in [0.15, 0.2) is 0 Å². The lowest BCUT2D eigenvalue weighted by Gasteiger charge is -2.44. The van der Waals surface area contributed by atoms with Crippen molar-refractivity contribution in [3.8, 4) is 0 Å². The lowest BCUT2D eigenvalue weighted by molar-refractivity contribution is 0.0406. The van der Waals surface area contributed by atoms with Gasteiger partial charge in [-0.25, -0.2) is 4.79 Å². The molecule has 1 aliphatic heterocycles. The van der Waals surface area contributed by atoms with E-state index in [9.17, 15) is 4.79 Å². The van der Waals surface area contributed by atoms with Gasteiger partial charge in [-0.1, -0.05) is 20.8 Å². The van der Waals surface area contributed by atoms with Crippen LogP contribution < -0.4 is 10.6 Å². The molecule has 4 heteroatoms. The van der Waals surface area contributed by atoms with Crippen molar-refractivity contribution < 1.29 is 9.53 Å². The van der Waals surface area contributed by atoms with Crippen LogP contribution in [-0.4, -0.2) is 29.8 Å². The van der Waals surface area contributed by atoms with Crippen LogP contribution in [0.4, 0.5) is 4.79 Å². The summed E-state index contributed by atoms with van der Waals surface area (Å²) in [7, 11) is 0. The Morgan fingerprint density at radius 1 is 1.26 bits per heavy atom. The van der Waals surface area contributed by atoms with Crippen LogP contribution in [0.15, 0.2) is 0 Å². The Morgan fingerprint density at radius 3 is 2.32 bits per heavy atom. The summed E-state index contributed by atoms with van der Waals surface area (Å²) >= 11 is 0. The van der Waals surface area contributed by atoms with Crippen molar-refractivity contribution in [2.24, 2.45) is 5.41 Å². The summed E-state index contributed by atoms with van der Waals surface area (Å²) in [5.41, 5.74) is -0.445. The van der Waals surface area contributed by atoms with E-state index >= 15 is 0 Å². The monoisotopic (exact) mass is 270 g/mol. The molecule has 0 aromatic carbocycles. The molecule has 0 aromatic heterocycles. The number of alkyl carbamates (subject to hydrolysis) is 1. The number of carbonyl (C=O) groups is 1. The molecule has 1 aliphatic rings. The molecule has 4 nitrogen and oxygen atoms in total. The largest absolute Gasteiger partial charge is 0.444 e. The fourth-order valence-corrected chi connectivity index (χ4v) is 2.42. The lowest BCUT2D eigenvalue weighted by Crippen LogP contribution is -2.59. The van der Waals surface area contributed by atoms with Crippen LogP contribution in [0.2, 0.25) is 0 Å². The summed E-state index contributed by atoms with van der Waals surface area (Å²) in [5.74, 6) is 0. The van der Waals surface area contributed by atoms with E-state index in [0.29, 0.717) is 6.04 Å². The van der Waals surface area contributed by atoms with Crippen LogP contribution in [-0.2, 0) is 4.74 Å². The Bertz CT molecular complexity index is 328. The zero-order valence-electron chi connectivity index (χ0n) is 13.5. The summed E-state index contributed by atoms with van der Waals surface area (Å²) in [6.45, 7) is 15.4. The number of piperidine rings is 1. The number of rotatable bonds is 1. The minimum absolute atomic E-state index is 0.189. The Morgan fingerprint density at radius 2 is 1.84 bits per heavy atom. The summed E-state index contributed by atoms with van der Waals surface area (Å²) in [5, 5.41) is 6.60. The van der Waals surface area contributed by atoms with E-state index in [-0.39, 0.29) is 17.0 Å². The predicted octanol–water partition coefficient (Wildman–Crippen LogP) is 3.07. The molecule has 2 atom stereocenters. The number of hydrogen-bond donors (Lipinski definition) is 2. The van der Waals surface area contributed by atoms with Crippen molar-refractivity contribution in [1.82, 2.24) is 10.6 Å². The molecule has 2 N–H and O–H groups in total. The minimum Gasteiger partial charge on any atom is -0.444 e. The summed E-state index contributed by atoms with van der Waals surface area (Å²) in [4.78, 5) is 11.9. The summed E-state index contributed by atoms with van der Waals surface area (Å²) < 4.78 is 5.36. The number of amides is 1. The van der Waals surface area contributed by atoms with Crippen molar-refractivity contribution in [2.75, 3.05) is 6.54 Å². The first kappa shape index (κ1) is 16.3. The molecule has 2 unspecified atom stereocenters. The lowest BCUT2D eigenvalue weighted by atomic mass is 9.75. The summed E-state index contributed by atoms with van der Waals surface area (Å²) in [6, 6.07) is 0.404. The first-order valence-electron chi connectivity index (χ1n) is 7.16. The second-order valence-electron chi connectivity index (χ2n) is 8.01. The van der Waals surface area contributed by atoms with Gasteiger partial charge < -0.3 is 15.4 Å². The third kappa shape index (κ3) is 5.39. The molecule has 1 heterocycles. The van der Waals surface area contributed by atoms with Gasteiger partial charge in [0.2, 0.25) is 0 Å². The summed E-state index contributed by atoms with van der Waals surface area (Å²) in [6.07, 6.45) is 1.54. The Hall–Kier alpha value is -0.770. The first-order valence-corrected chi connectivity index (χ1v) is 7.16. The van der Waals surface area contributed by atoms with Gasteiger partial charge in [0, 0.05) is 11.6 Å². The molecule has 0 radical (unpaired) electrons. The quantitative estimate of drug-likeness (QED) is 0.770. The Balaban J connectivity index is 2.63. The van der Waals surface area contributed by atoms with Crippen LogP contribution in [0, 0.1) is 5.41 Å². The van der Waals surface area contributed by atoms with Gasteiger partial charge >= 0.3 is 6.09 Å². The van der Waals surface area contributed by atoms with Gasteiger partial charge in [-0.2, -0.15) is 0 Å².